The summed E-state index contributed by atoms with van der Waals surface area (Å²) in [5.41, 5.74) is 1.27. The van der Waals surface area contributed by atoms with Gasteiger partial charge in [0.1, 0.15) is 5.76 Å². The highest BCUT2D eigenvalue weighted by atomic mass is 16.3. The third-order valence-electron chi connectivity index (χ3n) is 4.46. The van der Waals surface area contributed by atoms with Gasteiger partial charge in [-0.05, 0) is 69.3 Å². The van der Waals surface area contributed by atoms with Crippen LogP contribution in [0.5, 0.6) is 0 Å². The van der Waals surface area contributed by atoms with Gasteiger partial charge in [-0.15, -0.1) is 0 Å². The lowest BCUT2D eigenvalue weighted by molar-refractivity contribution is 0.101. The third-order valence-corrected chi connectivity index (χ3v) is 4.46. The number of likely N-dealkylation sites (tertiary alicyclic amines) is 1. The molecule has 2 N–H and O–H groups in total. The van der Waals surface area contributed by atoms with E-state index in [-0.39, 0.29) is 17.9 Å². The second-order valence-electron chi connectivity index (χ2n) is 6.24. The molecule has 0 unspecified atom stereocenters. The highest BCUT2D eigenvalue weighted by Crippen LogP contribution is 2.24. The van der Waals surface area contributed by atoms with E-state index in [1.807, 2.05) is 12.1 Å². The number of amides is 2. The van der Waals surface area contributed by atoms with Gasteiger partial charge in [-0.1, -0.05) is 0 Å². The Kier molecular flexibility index (Phi) is 5.50. The lowest BCUT2D eigenvalue weighted by Gasteiger charge is -2.26. The van der Waals surface area contributed by atoms with E-state index in [1.54, 1.807) is 30.5 Å². The van der Waals surface area contributed by atoms with Gasteiger partial charge in [-0.3, -0.25) is 9.69 Å². The number of nitrogens with one attached hydrogen (secondary N) is 2. The SMILES string of the molecule is CC(=O)c1ccc(NC(=O)NC[C@@H](c2ccco2)N2CCCC2)cc1. The molecular formula is C19H23N3O3. The summed E-state index contributed by atoms with van der Waals surface area (Å²) >= 11 is 0. The van der Waals surface area contributed by atoms with E-state index in [0.29, 0.717) is 17.8 Å². The van der Waals surface area contributed by atoms with Crippen LogP contribution in [0.15, 0.2) is 47.1 Å². The van der Waals surface area contributed by atoms with Crippen LogP contribution in [0.25, 0.3) is 0 Å². The smallest absolute Gasteiger partial charge is 0.319 e. The van der Waals surface area contributed by atoms with Crippen LogP contribution >= 0.6 is 0 Å². The Hall–Kier alpha value is -2.60. The molecule has 25 heavy (non-hydrogen) atoms. The summed E-state index contributed by atoms with van der Waals surface area (Å²) in [4.78, 5) is 25.8. The first kappa shape index (κ1) is 17.2. The summed E-state index contributed by atoms with van der Waals surface area (Å²) in [6, 6.07) is 10.4. The predicted molar refractivity (Wildman–Crippen MR) is 95.7 cm³/mol. The van der Waals surface area contributed by atoms with Crippen molar-refractivity contribution in [2.24, 2.45) is 0 Å². The van der Waals surface area contributed by atoms with Crippen molar-refractivity contribution in [3.05, 3.63) is 54.0 Å². The zero-order valence-corrected chi connectivity index (χ0v) is 14.3. The fourth-order valence-corrected chi connectivity index (χ4v) is 3.10. The fourth-order valence-electron chi connectivity index (χ4n) is 3.10. The minimum atomic E-state index is -0.272. The standard InChI is InChI=1S/C19H23N3O3/c1-14(23)15-6-8-16(9-7-15)21-19(24)20-13-17(18-5-4-12-25-18)22-10-2-3-11-22/h4-9,12,17H,2-3,10-11,13H2,1H3,(H2,20,21,24)/t17-/m0/s1. The molecule has 6 nitrogen and oxygen atoms in total. The van der Waals surface area contributed by atoms with Crippen molar-refractivity contribution >= 4 is 17.5 Å². The van der Waals surface area contributed by atoms with E-state index in [0.717, 1.165) is 18.8 Å². The summed E-state index contributed by atoms with van der Waals surface area (Å²) in [6.45, 7) is 4.02. The molecule has 1 saturated heterocycles. The van der Waals surface area contributed by atoms with Gasteiger partial charge in [0.05, 0.1) is 12.3 Å². The van der Waals surface area contributed by atoms with E-state index in [1.165, 1.54) is 19.8 Å². The molecule has 0 radical (unpaired) electrons. The van der Waals surface area contributed by atoms with Crippen LogP contribution in [-0.2, 0) is 0 Å². The van der Waals surface area contributed by atoms with Crippen molar-refractivity contribution in [2.45, 2.75) is 25.8 Å². The summed E-state index contributed by atoms with van der Waals surface area (Å²) in [5, 5.41) is 5.70. The number of carbonyl (C=O) groups is 2. The predicted octanol–water partition coefficient (Wildman–Crippen LogP) is 3.44. The van der Waals surface area contributed by atoms with Crippen LogP contribution in [-0.4, -0.2) is 36.3 Å². The second kappa shape index (κ2) is 7.98. The number of hydrogen-bond donors (Lipinski definition) is 2. The minimum absolute atomic E-state index is 0.00269. The number of rotatable bonds is 6. The first-order valence-electron chi connectivity index (χ1n) is 8.57. The monoisotopic (exact) mass is 341 g/mol. The molecule has 0 aliphatic carbocycles. The van der Waals surface area contributed by atoms with Crippen molar-refractivity contribution in [3.63, 3.8) is 0 Å². The van der Waals surface area contributed by atoms with Crippen LogP contribution < -0.4 is 10.6 Å². The number of carbonyl (C=O) groups excluding carboxylic acids is 2. The molecule has 132 valence electrons. The molecule has 6 heteroatoms. The van der Waals surface area contributed by atoms with E-state index >= 15 is 0 Å². The minimum Gasteiger partial charge on any atom is -0.468 e. The van der Waals surface area contributed by atoms with Crippen LogP contribution in [0, 0.1) is 0 Å². The summed E-state index contributed by atoms with van der Waals surface area (Å²) < 4.78 is 5.55. The highest BCUT2D eigenvalue weighted by Gasteiger charge is 2.25. The fraction of sp³-hybridized carbons (Fsp3) is 0.368. The molecule has 1 aromatic carbocycles. The molecule has 2 heterocycles. The van der Waals surface area contributed by atoms with Crippen molar-refractivity contribution in [2.75, 3.05) is 25.0 Å². The van der Waals surface area contributed by atoms with E-state index in [2.05, 4.69) is 15.5 Å². The Balaban J connectivity index is 1.57. The molecule has 1 fully saturated rings. The van der Waals surface area contributed by atoms with Gasteiger partial charge >= 0.3 is 6.03 Å². The molecule has 0 spiro atoms. The Labute approximate surface area is 147 Å². The number of urea groups is 1. The van der Waals surface area contributed by atoms with Gasteiger partial charge in [-0.25, -0.2) is 4.79 Å². The average molecular weight is 341 g/mol. The molecule has 1 atom stereocenters. The topological polar surface area (TPSA) is 74.6 Å². The van der Waals surface area contributed by atoms with Gasteiger partial charge < -0.3 is 15.1 Å². The van der Waals surface area contributed by atoms with E-state index < -0.39 is 0 Å². The number of anilines is 1. The van der Waals surface area contributed by atoms with Crippen LogP contribution in [0.3, 0.4) is 0 Å². The summed E-state index contributed by atoms with van der Waals surface area (Å²) in [7, 11) is 0. The maximum atomic E-state index is 12.2. The van der Waals surface area contributed by atoms with Gasteiger partial charge in [0, 0.05) is 17.8 Å². The molecule has 3 rings (SSSR count). The Morgan fingerprint density at radius 3 is 2.48 bits per heavy atom. The Morgan fingerprint density at radius 1 is 1.16 bits per heavy atom. The molecule has 2 amide bonds. The van der Waals surface area contributed by atoms with Gasteiger partial charge in [-0.2, -0.15) is 0 Å². The van der Waals surface area contributed by atoms with Crippen molar-refractivity contribution in [1.82, 2.24) is 10.2 Å². The quantitative estimate of drug-likeness (QED) is 0.789. The molecule has 1 aromatic heterocycles. The Morgan fingerprint density at radius 2 is 1.88 bits per heavy atom. The lowest BCUT2D eigenvalue weighted by atomic mass is 10.1. The van der Waals surface area contributed by atoms with Gasteiger partial charge in [0.2, 0.25) is 0 Å². The molecule has 0 bridgehead atoms. The zero-order valence-electron chi connectivity index (χ0n) is 14.3. The van der Waals surface area contributed by atoms with Gasteiger partial charge in [0.25, 0.3) is 0 Å². The van der Waals surface area contributed by atoms with Crippen LogP contribution in [0.2, 0.25) is 0 Å². The number of furan rings is 1. The summed E-state index contributed by atoms with van der Waals surface area (Å²) in [5.74, 6) is 0.871. The molecular weight excluding hydrogens is 318 g/mol. The normalized spacial score (nSPS) is 15.7. The maximum Gasteiger partial charge on any atom is 0.319 e. The molecule has 1 aliphatic rings. The molecule has 0 saturated carbocycles. The zero-order chi connectivity index (χ0) is 17.6. The molecule has 2 aromatic rings. The first-order chi connectivity index (χ1) is 12.1. The number of nitrogens with zero attached hydrogens (tertiary/aromatic N) is 1. The van der Waals surface area contributed by atoms with E-state index in [9.17, 15) is 9.59 Å². The van der Waals surface area contributed by atoms with Crippen LogP contribution in [0.4, 0.5) is 10.5 Å². The summed E-state index contributed by atoms with van der Waals surface area (Å²) in [6.07, 6.45) is 4.01. The van der Waals surface area contributed by atoms with Crippen molar-refractivity contribution in [1.29, 1.82) is 0 Å². The number of Topliss-reactive ketones (excluding diaryl/α,β-unsaturated/α-hetero) is 1. The largest absolute Gasteiger partial charge is 0.468 e. The first-order valence-corrected chi connectivity index (χ1v) is 8.57. The maximum absolute atomic E-state index is 12.2. The van der Waals surface area contributed by atoms with Crippen LogP contribution in [0.1, 0.15) is 41.9 Å². The lowest BCUT2D eigenvalue weighted by Crippen LogP contribution is -2.38. The van der Waals surface area contributed by atoms with E-state index in [4.69, 9.17) is 4.42 Å². The number of benzene rings is 1. The number of hydrogen-bond acceptors (Lipinski definition) is 4. The van der Waals surface area contributed by atoms with Gasteiger partial charge in [0.15, 0.2) is 5.78 Å². The Bertz CT molecular complexity index is 704. The van der Waals surface area contributed by atoms with Crippen molar-refractivity contribution in [3.8, 4) is 0 Å². The highest BCUT2D eigenvalue weighted by molar-refractivity contribution is 5.95. The second-order valence-corrected chi connectivity index (χ2v) is 6.24. The third kappa shape index (κ3) is 4.48. The molecule has 1 aliphatic heterocycles. The average Bonchev–Trinajstić information content (AvgIpc) is 3.29. The number of ketones is 1. The van der Waals surface area contributed by atoms with Crippen molar-refractivity contribution < 1.29 is 14.0 Å².